The van der Waals surface area contributed by atoms with Crippen LogP contribution in [0.25, 0.3) is 0 Å². The van der Waals surface area contributed by atoms with Gasteiger partial charge in [-0.15, -0.1) is 0 Å². The Morgan fingerprint density at radius 3 is 2.15 bits per heavy atom. The molecule has 10 heteroatoms. The van der Waals surface area contributed by atoms with Gasteiger partial charge in [0.25, 0.3) is 0 Å². The lowest BCUT2D eigenvalue weighted by Gasteiger charge is -2.25. The van der Waals surface area contributed by atoms with Gasteiger partial charge in [-0.05, 0) is 0 Å². The number of carbonyl (C=O) groups is 3. The van der Waals surface area contributed by atoms with Gasteiger partial charge < -0.3 is 36.0 Å². The van der Waals surface area contributed by atoms with Gasteiger partial charge in [-0.1, -0.05) is 0 Å². The van der Waals surface area contributed by atoms with Gasteiger partial charge in [0.2, 0.25) is 0 Å². The quantitative estimate of drug-likeness (QED) is 0.180. The van der Waals surface area contributed by atoms with Gasteiger partial charge in [-0.3, -0.25) is 14.4 Å². The van der Waals surface area contributed by atoms with Gasteiger partial charge in [-0.25, -0.2) is 0 Å². The number of hydrogen-bond acceptors (Lipinski definition) is 9. The Hall–Kier alpha value is -1.59. The van der Waals surface area contributed by atoms with Crippen LogP contribution in [0, 0.1) is 0 Å². The van der Waals surface area contributed by atoms with Crippen LogP contribution in [0.1, 0.15) is 6.42 Å². The fourth-order valence-electron chi connectivity index (χ4n) is 1.17. The van der Waals surface area contributed by atoms with Crippen LogP contribution in [0.4, 0.5) is 0 Å². The highest BCUT2D eigenvalue weighted by atomic mass is 16.6. The van der Waals surface area contributed by atoms with Crippen molar-refractivity contribution in [1.82, 2.24) is 0 Å². The zero-order chi connectivity index (χ0) is 15.9. The van der Waals surface area contributed by atoms with Crippen LogP contribution in [0.2, 0.25) is 0 Å². The molecule has 0 rings (SSSR count). The third kappa shape index (κ3) is 5.59. The van der Waals surface area contributed by atoms with Crippen molar-refractivity contribution in [3.05, 3.63) is 0 Å². The van der Waals surface area contributed by atoms with E-state index >= 15 is 0 Å². The second-order valence-electron chi connectivity index (χ2n) is 3.97. The van der Waals surface area contributed by atoms with Crippen LogP contribution < -0.4 is 5.73 Å². The molecule has 0 saturated carbocycles. The molecule has 0 amide bonds. The summed E-state index contributed by atoms with van der Waals surface area (Å²) in [4.78, 5) is 32.3. The van der Waals surface area contributed by atoms with Crippen molar-refractivity contribution in [2.75, 3.05) is 6.61 Å². The maximum atomic E-state index is 11.3. The number of ether oxygens (including phenoxy) is 1. The summed E-state index contributed by atoms with van der Waals surface area (Å²) in [7, 11) is 0. The van der Waals surface area contributed by atoms with E-state index in [0.29, 0.717) is 0 Å². The first kappa shape index (κ1) is 18.4. The lowest BCUT2D eigenvalue weighted by molar-refractivity contribution is -0.169. The lowest BCUT2D eigenvalue weighted by Crippen LogP contribution is -2.48. The van der Waals surface area contributed by atoms with Crippen LogP contribution in [0.15, 0.2) is 0 Å². The second kappa shape index (κ2) is 8.55. The molecule has 0 aromatic heterocycles. The topological polar surface area (TPSA) is 188 Å². The predicted octanol–water partition coefficient (Wildman–Crippen LogP) is -4.03. The highest BCUT2D eigenvalue weighted by Gasteiger charge is 2.34. The highest BCUT2D eigenvalue weighted by molar-refractivity contribution is 5.82. The lowest BCUT2D eigenvalue weighted by atomic mass is 10.0. The summed E-state index contributed by atoms with van der Waals surface area (Å²) < 4.78 is 4.44. The Morgan fingerprint density at radius 1 is 1.20 bits per heavy atom. The number of aliphatic hydroxyl groups is 4. The molecule has 0 aliphatic rings. The SMILES string of the molecule is N[C@@H](CC(=O)O[C@H](C=O)[C@@H](O)[C@H](O)[C@H](O)CO)C(=O)O. The van der Waals surface area contributed by atoms with Crippen molar-refractivity contribution in [3.8, 4) is 0 Å². The molecule has 0 aromatic carbocycles. The zero-order valence-corrected chi connectivity index (χ0v) is 10.3. The number of esters is 1. The third-order valence-corrected chi connectivity index (χ3v) is 2.37. The van der Waals surface area contributed by atoms with E-state index < -0.39 is 55.4 Å². The Morgan fingerprint density at radius 2 is 1.75 bits per heavy atom. The van der Waals surface area contributed by atoms with E-state index in [2.05, 4.69) is 4.74 Å². The Kier molecular flexibility index (Phi) is 7.87. The van der Waals surface area contributed by atoms with Crippen LogP contribution in [-0.2, 0) is 19.1 Å². The molecule has 0 aromatic rings. The maximum absolute atomic E-state index is 11.3. The molecular weight excluding hydrogens is 278 g/mol. The molecule has 5 atom stereocenters. The van der Waals surface area contributed by atoms with E-state index in [9.17, 15) is 24.6 Å². The van der Waals surface area contributed by atoms with Gasteiger partial charge in [0, 0.05) is 0 Å². The first-order chi connectivity index (χ1) is 9.24. The summed E-state index contributed by atoms with van der Waals surface area (Å²) in [6, 6.07) is -1.54. The van der Waals surface area contributed by atoms with Gasteiger partial charge in [-0.2, -0.15) is 0 Å². The summed E-state index contributed by atoms with van der Waals surface area (Å²) in [5, 5.41) is 45.0. The smallest absolute Gasteiger partial charge is 0.321 e. The van der Waals surface area contributed by atoms with Crippen molar-refractivity contribution in [1.29, 1.82) is 0 Å². The molecule has 0 heterocycles. The number of rotatable bonds is 9. The molecule has 10 nitrogen and oxygen atoms in total. The summed E-state index contributed by atoms with van der Waals surface area (Å²) in [5.74, 6) is -2.64. The standard InChI is InChI=1S/C10H17NO9/c11-4(10(18)19)1-7(15)20-6(3-13)9(17)8(16)5(14)2-12/h3-6,8-9,12,14,16-17H,1-2,11H2,(H,18,19)/t4-,5+,6+,8+,9+/m0/s1. The minimum atomic E-state index is -1.99. The second-order valence-corrected chi connectivity index (χ2v) is 3.97. The number of aliphatic carboxylic acids is 1. The fourth-order valence-corrected chi connectivity index (χ4v) is 1.17. The van der Waals surface area contributed by atoms with Crippen molar-refractivity contribution in [2.45, 2.75) is 36.9 Å². The molecule has 116 valence electrons. The molecule has 0 spiro atoms. The summed E-state index contributed by atoms with van der Waals surface area (Å²) in [6.45, 7) is -0.887. The van der Waals surface area contributed by atoms with Gasteiger partial charge in [0.15, 0.2) is 12.4 Å². The Labute approximate surface area is 113 Å². The van der Waals surface area contributed by atoms with E-state index in [1.54, 1.807) is 0 Å². The van der Waals surface area contributed by atoms with E-state index in [1.807, 2.05) is 0 Å². The normalized spacial score (nSPS) is 18.4. The third-order valence-electron chi connectivity index (χ3n) is 2.37. The first-order valence-corrected chi connectivity index (χ1v) is 5.52. The van der Waals surface area contributed by atoms with Crippen molar-refractivity contribution in [2.24, 2.45) is 5.73 Å². The number of carbonyl (C=O) groups excluding carboxylic acids is 2. The number of aldehydes is 1. The molecule has 0 unspecified atom stereocenters. The maximum Gasteiger partial charge on any atom is 0.321 e. The summed E-state index contributed by atoms with van der Waals surface area (Å²) in [6.07, 6.45) is -8.25. The van der Waals surface area contributed by atoms with Gasteiger partial charge >= 0.3 is 11.9 Å². The molecule has 20 heavy (non-hydrogen) atoms. The molecular formula is C10H17NO9. The van der Waals surface area contributed by atoms with E-state index in [-0.39, 0.29) is 6.29 Å². The van der Waals surface area contributed by atoms with E-state index in [1.165, 1.54) is 0 Å². The minimum Gasteiger partial charge on any atom is -0.480 e. The fraction of sp³-hybridized carbons (Fsp3) is 0.700. The highest BCUT2D eigenvalue weighted by Crippen LogP contribution is 2.08. The molecule has 0 saturated heterocycles. The first-order valence-electron chi connectivity index (χ1n) is 5.52. The Balaban J connectivity index is 4.57. The van der Waals surface area contributed by atoms with Crippen LogP contribution >= 0.6 is 0 Å². The largest absolute Gasteiger partial charge is 0.480 e. The molecule has 0 radical (unpaired) electrons. The van der Waals surface area contributed by atoms with Crippen LogP contribution in [0.5, 0.6) is 0 Å². The molecule has 0 fully saturated rings. The van der Waals surface area contributed by atoms with E-state index in [0.717, 1.165) is 0 Å². The monoisotopic (exact) mass is 295 g/mol. The minimum absolute atomic E-state index is 0.0117. The summed E-state index contributed by atoms with van der Waals surface area (Å²) >= 11 is 0. The van der Waals surface area contributed by atoms with E-state index in [4.69, 9.17) is 21.1 Å². The number of hydrogen-bond donors (Lipinski definition) is 6. The molecule has 0 bridgehead atoms. The average molecular weight is 295 g/mol. The van der Waals surface area contributed by atoms with Crippen molar-refractivity contribution in [3.63, 3.8) is 0 Å². The number of carboxylic acids is 1. The average Bonchev–Trinajstić information content (AvgIpc) is 2.41. The number of carboxylic acid groups (broad SMARTS) is 1. The molecule has 0 aliphatic heterocycles. The van der Waals surface area contributed by atoms with Crippen LogP contribution in [0.3, 0.4) is 0 Å². The van der Waals surface area contributed by atoms with Crippen LogP contribution in [-0.4, -0.2) is 80.8 Å². The van der Waals surface area contributed by atoms with Gasteiger partial charge in [0.1, 0.15) is 24.4 Å². The van der Waals surface area contributed by atoms with Crippen molar-refractivity contribution < 1.29 is 44.7 Å². The predicted molar refractivity (Wildman–Crippen MR) is 61.3 cm³/mol. The summed E-state index contributed by atoms with van der Waals surface area (Å²) in [5.41, 5.74) is 5.07. The zero-order valence-electron chi connectivity index (χ0n) is 10.3. The van der Waals surface area contributed by atoms with Gasteiger partial charge in [0.05, 0.1) is 13.0 Å². The molecule has 7 N–H and O–H groups in total. The number of aliphatic hydroxyl groups excluding tert-OH is 4. The van der Waals surface area contributed by atoms with Crippen molar-refractivity contribution >= 4 is 18.2 Å². The number of nitrogens with two attached hydrogens (primary N) is 1. The Bertz CT molecular complexity index is 348. The molecule has 0 aliphatic carbocycles.